The van der Waals surface area contributed by atoms with Crippen LogP contribution in [0.2, 0.25) is 0 Å². The smallest absolute Gasteiger partial charge is 0.303 e. The molecule has 0 fully saturated rings. The summed E-state index contributed by atoms with van der Waals surface area (Å²) in [5, 5.41) is 11.9. The highest BCUT2D eigenvalue weighted by Gasteiger charge is 1.96. The van der Waals surface area contributed by atoms with Crippen LogP contribution in [0.1, 0.15) is 57.8 Å². The van der Waals surface area contributed by atoms with Gasteiger partial charge in [0.1, 0.15) is 0 Å². The van der Waals surface area contributed by atoms with E-state index in [0.29, 0.717) is 6.42 Å². The van der Waals surface area contributed by atoms with Crippen LogP contribution in [-0.4, -0.2) is 17.6 Å². The van der Waals surface area contributed by atoms with E-state index < -0.39 is 5.97 Å². The van der Waals surface area contributed by atoms with Gasteiger partial charge in [-0.05, 0) is 25.0 Å². The highest BCUT2D eigenvalue weighted by Crippen LogP contribution is 2.10. The number of hydrogen-bond acceptors (Lipinski definition) is 2. The molecule has 0 bridgehead atoms. The molecule has 0 unspecified atom stereocenters. The highest BCUT2D eigenvalue weighted by molar-refractivity contribution is 5.66. The minimum atomic E-state index is -0.670. The van der Waals surface area contributed by atoms with E-state index in [1.54, 1.807) is 0 Å². The van der Waals surface area contributed by atoms with E-state index >= 15 is 0 Å². The van der Waals surface area contributed by atoms with Crippen LogP contribution in [0.5, 0.6) is 0 Å². The molecule has 0 heterocycles. The molecule has 0 atom stereocenters. The summed E-state index contributed by atoms with van der Waals surface area (Å²) in [6.45, 7) is 1.04. The number of nitrogens with one attached hydrogen (secondary N) is 1. The van der Waals surface area contributed by atoms with Gasteiger partial charge in [-0.25, -0.2) is 0 Å². The normalized spacial score (nSPS) is 10.4. The Morgan fingerprint density at radius 1 is 0.850 bits per heavy atom. The van der Waals surface area contributed by atoms with Crippen molar-refractivity contribution >= 4 is 11.7 Å². The van der Waals surface area contributed by atoms with Gasteiger partial charge in [-0.15, -0.1) is 0 Å². The molecule has 0 aliphatic heterocycles. The lowest BCUT2D eigenvalue weighted by Crippen LogP contribution is -2.00. The van der Waals surface area contributed by atoms with Crippen LogP contribution in [0.4, 0.5) is 5.69 Å². The van der Waals surface area contributed by atoms with Gasteiger partial charge in [-0.3, -0.25) is 4.79 Å². The first kappa shape index (κ1) is 16.5. The number of aliphatic carboxylic acids is 1. The standard InChI is InChI=1S/C17H27NO2/c19-17(20)14-10-5-3-1-2-4-6-11-15-18-16-12-8-7-9-13-16/h7-9,12-13,18H,1-6,10-11,14-15H2,(H,19,20). The van der Waals surface area contributed by atoms with Crippen LogP contribution in [0.25, 0.3) is 0 Å². The van der Waals surface area contributed by atoms with Gasteiger partial charge >= 0.3 is 5.97 Å². The lowest BCUT2D eigenvalue weighted by molar-refractivity contribution is -0.137. The van der Waals surface area contributed by atoms with Gasteiger partial charge in [-0.2, -0.15) is 0 Å². The fourth-order valence-corrected chi connectivity index (χ4v) is 2.25. The average Bonchev–Trinajstić information content (AvgIpc) is 2.45. The molecule has 3 heteroatoms. The molecule has 0 saturated heterocycles. The molecule has 0 radical (unpaired) electrons. The van der Waals surface area contributed by atoms with Crippen LogP contribution in [0, 0.1) is 0 Å². The van der Waals surface area contributed by atoms with Crippen molar-refractivity contribution in [2.75, 3.05) is 11.9 Å². The average molecular weight is 277 g/mol. The summed E-state index contributed by atoms with van der Waals surface area (Å²) in [6.07, 6.45) is 9.68. The van der Waals surface area contributed by atoms with Gasteiger partial charge in [0.15, 0.2) is 0 Å². The third-order valence-electron chi connectivity index (χ3n) is 3.42. The van der Waals surface area contributed by atoms with E-state index in [1.165, 1.54) is 44.2 Å². The summed E-state index contributed by atoms with van der Waals surface area (Å²) in [5.74, 6) is -0.670. The zero-order chi connectivity index (χ0) is 14.5. The van der Waals surface area contributed by atoms with Crippen molar-refractivity contribution < 1.29 is 9.90 Å². The van der Waals surface area contributed by atoms with Crippen LogP contribution in [0.15, 0.2) is 30.3 Å². The molecule has 112 valence electrons. The van der Waals surface area contributed by atoms with Gasteiger partial charge in [-0.1, -0.05) is 56.7 Å². The number of rotatable bonds is 12. The molecule has 20 heavy (non-hydrogen) atoms. The Balaban J connectivity index is 1.80. The zero-order valence-corrected chi connectivity index (χ0v) is 12.3. The summed E-state index contributed by atoms with van der Waals surface area (Å²) in [6, 6.07) is 10.3. The molecule has 3 nitrogen and oxygen atoms in total. The summed E-state index contributed by atoms with van der Waals surface area (Å²) < 4.78 is 0. The summed E-state index contributed by atoms with van der Waals surface area (Å²) in [4.78, 5) is 10.3. The summed E-state index contributed by atoms with van der Waals surface area (Å²) in [5.41, 5.74) is 1.20. The van der Waals surface area contributed by atoms with E-state index in [9.17, 15) is 4.79 Å². The number of hydrogen-bond donors (Lipinski definition) is 2. The molecule has 0 amide bonds. The number of para-hydroxylation sites is 1. The van der Waals surface area contributed by atoms with Crippen LogP contribution in [0.3, 0.4) is 0 Å². The molecule has 1 aromatic rings. The van der Waals surface area contributed by atoms with Crippen LogP contribution < -0.4 is 5.32 Å². The maximum absolute atomic E-state index is 10.3. The summed E-state index contributed by atoms with van der Waals surface area (Å²) in [7, 11) is 0. The second-order valence-electron chi connectivity index (χ2n) is 5.26. The summed E-state index contributed by atoms with van der Waals surface area (Å²) >= 11 is 0. The number of unbranched alkanes of at least 4 members (excludes halogenated alkanes) is 7. The molecule has 0 aliphatic rings. The predicted octanol–water partition coefficient (Wildman–Crippen LogP) is 4.69. The van der Waals surface area contributed by atoms with E-state index in [4.69, 9.17) is 5.11 Å². The second-order valence-corrected chi connectivity index (χ2v) is 5.26. The van der Waals surface area contributed by atoms with Crippen molar-refractivity contribution in [1.29, 1.82) is 0 Å². The number of carbonyl (C=O) groups is 1. The van der Waals surface area contributed by atoms with Crippen molar-refractivity contribution in [3.63, 3.8) is 0 Å². The Kier molecular flexibility index (Phi) is 9.37. The Hall–Kier alpha value is -1.51. The maximum Gasteiger partial charge on any atom is 0.303 e. The SMILES string of the molecule is O=C(O)CCCCCCCCCCNc1ccccc1. The molecule has 2 N–H and O–H groups in total. The van der Waals surface area contributed by atoms with E-state index in [1.807, 2.05) is 18.2 Å². The van der Waals surface area contributed by atoms with Crippen molar-refractivity contribution in [2.45, 2.75) is 57.8 Å². The van der Waals surface area contributed by atoms with Gasteiger partial charge in [0, 0.05) is 18.7 Å². The predicted molar refractivity (Wildman–Crippen MR) is 84.1 cm³/mol. The molecule has 1 aromatic carbocycles. The van der Waals surface area contributed by atoms with Crippen LogP contribution >= 0.6 is 0 Å². The second kappa shape index (κ2) is 11.3. The lowest BCUT2D eigenvalue weighted by atomic mass is 10.1. The Bertz CT molecular complexity index is 351. The van der Waals surface area contributed by atoms with E-state index in [2.05, 4.69) is 17.4 Å². The minimum Gasteiger partial charge on any atom is -0.481 e. The fourth-order valence-electron chi connectivity index (χ4n) is 2.25. The molecule has 0 aliphatic carbocycles. The Morgan fingerprint density at radius 2 is 1.40 bits per heavy atom. The fraction of sp³-hybridized carbons (Fsp3) is 0.588. The number of carboxylic acids is 1. The van der Waals surface area contributed by atoms with Gasteiger partial charge < -0.3 is 10.4 Å². The molecule has 0 spiro atoms. The largest absolute Gasteiger partial charge is 0.481 e. The van der Waals surface area contributed by atoms with Crippen LogP contribution in [-0.2, 0) is 4.79 Å². The third kappa shape index (κ3) is 9.42. The lowest BCUT2D eigenvalue weighted by Gasteiger charge is -2.06. The molecular weight excluding hydrogens is 250 g/mol. The Labute approximate surface area is 122 Å². The first-order chi connectivity index (χ1) is 9.79. The molecule has 1 rings (SSSR count). The molecular formula is C17H27NO2. The van der Waals surface area contributed by atoms with Gasteiger partial charge in [0.2, 0.25) is 0 Å². The third-order valence-corrected chi connectivity index (χ3v) is 3.42. The topological polar surface area (TPSA) is 49.3 Å². The quantitative estimate of drug-likeness (QED) is 0.545. The zero-order valence-electron chi connectivity index (χ0n) is 12.3. The molecule has 0 aromatic heterocycles. The van der Waals surface area contributed by atoms with Gasteiger partial charge in [0.25, 0.3) is 0 Å². The van der Waals surface area contributed by atoms with E-state index in [-0.39, 0.29) is 0 Å². The Morgan fingerprint density at radius 3 is 2.00 bits per heavy atom. The highest BCUT2D eigenvalue weighted by atomic mass is 16.4. The maximum atomic E-state index is 10.3. The van der Waals surface area contributed by atoms with Crippen molar-refractivity contribution in [1.82, 2.24) is 0 Å². The number of benzene rings is 1. The first-order valence-corrected chi connectivity index (χ1v) is 7.80. The van der Waals surface area contributed by atoms with E-state index in [0.717, 1.165) is 19.4 Å². The van der Waals surface area contributed by atoms with Crippen molar-refractivity contribution in [3.8, 4) is 0 Å². The number of carboxylic acid groups (broad SMARTS) is 1. The monoisotopic (exact) mass is 277 g/mol. The van der Waals surface area contributed by atoms with Gasteiger partial charge in [0.05, 0.1) is 0 Å². The van der Waals surface area contributed by atoms with Crippen molar-refractivity contribution in [2.24, 2.45) is 0 Å². The minimum absolute atomic E-state index is 0.325. The van der Waals surface area contributed by atoms with Crippen molar-refractivity contribution in [3.05, 3.63) is 30.3 Å². The molecule has 0 saturated carbocycles. The number of anilines is 1. The first-order valence-electron chi connectivity index (χ1n) is 7.80.